The number of methoxy groups -OCH3 is 2. The maximum atomic E-state index is 11.8. The molecule has 0 aliphatic heterocycles. The van der Waals surface area contributed by atoms with Gasteiger partial charge in [-0.25, -0.2) is 0 Å². The number of hydrogen-bond donors (Lipinski definition) is 2. The first kappa shape index (κ1) is 17.9. The monoisotopic (exact) mass is 306 g/mol. The number of ether oxygens (including phenoxy) is 2. The molecular weight excluding hydrogens is 284 g/mol. The van der Waals surface area contributed by atoms with Gasteiger partial charge in [0.1, 0.15) is 6.04 Å². The van der Waals surface area contributed by atoms with Gasteiger partial charge in [-0.3, -0.25) is 9.59 Å². The average Bonchev–Trinajstić information content (AvgIpc) is 2.54. The molecule has 0 saturated carbocycles. The van der Waals surface area contributed by atoms with Gasteiger partial charge in [0.15, 0.2) is 6.29 Å². The lowest BCUT2D eigenvalue weighted by Crippen LogP contribution is -2.46. The largest absolute Gasteiger partial charge is 0.354 e. The Balaban J connectivity index is 2.40. The average molecular weight is 306 g/mol. The smallest absolute Gasteiger partial charge is 0.244 e. The van der Waals surface area contributed by atoms with E-state index in [0.29, 0.717) is 0 Å². The van der Waals surface area contributed by atoms with Crippen LogP contribution >= 0.6 is 0 Å². The summed E-state index contributed by atoms with van der Waals surface area (Å²) in [7, 11) is 2.97. The summed E-state index contributed by atoms with van der Waals surface area (Å²) in [4.78, 5) is 23.6. The summed E-state index contributed by atoms with van der Waals surface area (Å²) in [6.45, 7) is 1.82. The molecule has 1 aromatic rings. The second-order valence-electron chi connectivity index (χ2n) is 4.62. The molecule has 0 fully saturated rings. The third kappa shape index (κ3) is 6.51. The van der Waals surface area contributed by atoms with Crippen molar-refractivity contribution in [3.05, 3.63) is 42.0 Å². The van der Waals surface area contributed by atoms with Crippen LogP contribution in [0.1, 0.15) is 12.5 Å². The van der Waals surface area contributed by atoms with Crippen LogP contribution in [-0.2, 0) is 19.1 Å². The number of benzene rings is 1. The summed E-state index contributed by atoms with van der Waals surface area (Å²) in [5.74, 6) is -0.637. The van der Waals surface area contributed by atoms with Gasteiger partial charge in [0, 0.05) is 20.3 Å². The Bertz CT molecular complexity index is 498. The summed E-state index contributed by atoms with van der Waals surface area (Å²) in [6, 6.07) is 8.79. The van der Waals surface area contributed by atoms with Crippen LogP contribution in [0.2, 0.25) is 0 Å². The van der Waals surface area contributed by atoms with Gasteiger partial charge in [0.05, 0.1) is 6.54 Å². The second kappa shape index (κ2) is 9.70. The first-order chi connectivity index (χ1) is 10.6. The van der Waals surface area contributed by atoms with E-state index in [9.17, 15) is 9.59 Å². The number of carbonyl (C=O) groups is 2. The zero-order valence-corrected chi connectivity index (χ0v) is 13.0. The van der Waals surface area contributed by atoms with E-state index in [0.717, 1.165) is 5.56 Å². The number of amides is 2. The summed E-state index contributed by atoms with van der Waals surface area (Å²) in [5, 5.41) is 5.23. The fraction of sp³-hybridized carbons (Fsp3) is 0.375. The highest BCUT2D eigenvalue weighted by atomic mass is 16.7. The predicted octanol–water partition coefficient (Wildman–Crippen LogP) is 0.940. The topological polar surface area (TPSA) is 76.7 Å². The van der Waals surface area contributed by atoms with Gasteiger partial charge in [0.25, 0.3) is 0 Å². The lowest BCUT2D eigenvalue weighted by Gasteiger charge is -2.17. The highest BCUT2D eigenvalue weighted by Gasteiger charge is 2.15. The van der Waals surface area contributed by atoms with Crippen LogP contribution in [0.5, 0.6) is 0 Å². The van der Waals surface area contributed by atoms with Crippen molar-refractivity contribution in [2.45, 2.75) is 19.3 Å². The lowest BCUT2D eigenvalue weighted by molar-refractivity contribution is -0.131. The van der Waals surface area contributed by atoms with E-state index in [1.165, 1.54) is 20.3 Å². The van der Waals surface area contributed by atoms with Gasteiger partial charge in [-0.2, -0.15) is 0 Å². The van der Waals surface area contributed by atoms with Crippen molar-refractivity contribution in [1.82, 2.24) is 10.6 Å². The highest BCUT2D eigenvalue weighted by molar-refractivity contribution is 5.95. The predicted molar refractivity (Wildman–Crippen MR) is 83.9 cm³/mol. The van der Waals surface area contributed by atoms with Crippen molar-refractivity contribution >= 4 is 17.9 Å². The molecule has 0 heterocycles. The quantitative estimate of drug-likeness (QED) is 0.553. The molecule has 1 unspecified atom stereocenters. The van der Waals surface area contributed by atoms with Gasteiger partial charge in [-0.05, 0) is 18.6 Å². The Morgan fingerprint density at radius 1 is 1.18 bits per heavy atom. The van der Waals surface area contributed by atoms with Gasteiger partial charge < -0.3 is 20.1 Å². The van der Waals surface area contributed by atoms with Crippen molar-refractivity contribution in [3.63, 3.8) is 0 Å². The minimum Gasteiger partial charge on any atom is -0.354 e. The summed E-state index contributed by atoms with van der Waals surface area (Å²) >= 11 is 0. The third-order valence-electron chi connectivity index (χ3n) is 2.95. The number of hydrogen-bond acceptors (Lipinski definition) is 4. The first-order valence-electron chi connectivity index (χ1n) is 6.93. The minimum absolute atomic E-state index is 0.214. The summed E-state index contributed by atoms with van der Waals surface area (Å²) < 4.78 is 9.93. The van der Waals surface area contributed by atoms with Crippen LogP contribution in [0.25, 0.3) is 6.08 Å². The Kier molecular flexibility index (Phi) is 7.88. The molecule has 0 bridgehead atoms. The molecule has 1 atom stereocenters. The van der Waals surface area contributed by atoms with Gasteiger partial charge in [-0.15, -0.1) is 0 Å². The minimum atomic E-state index is -0.651. The van der Waals surface area contributed by atoms with Crippen LogP contribution in [0.4, 0.5) is 0 Å². The first-order valence-corrected chi connectivity index (χ1v) is 6.93. The Morgan fingerprint density at radius 3 is 2.41 bits per heavy atom. The van der Waals surface area contributed by atoms with E-state index in [2.05, 4.69) is 10.6 Å². The molecule has 0 aliphatic rings. The molecular formula is C16H22N2O4. The van der Waals surface area contributed by atoms with Crippen LogP contribution in [0, 0.1) is 0 Å². The number of carbonyl (C=O) groups excluding carboxylic acids is 2. The maximum absolute atomic E-state index is 11.8. The third-order valence-corrected chi connectivity index (χ3v) is 2.95. The summed E-state index contributed by atoms with van der Waals surface area (Å²) in [6.07, 6.45) is 2.57. The molecule has 6 nitrogen and oxygen atoms in total. The molecule has 6 heteroatoms. The van der Waals surface area contributed by atoms with Crippen molar-refractivity contribution in [2.24, 2.45) is 0 Å². The Hall–Kier alpha value is -2.18. The normalized spacial score (nSPS) is 12.4. The molecule has 120 valence electrons. The van der Waals surface area contributed by atoms with E-state index in [1.54, 1.807) is 13.0 Å². The highest BCUT2D eigenvalue weighted by Crippen LogP contribution is 2.00. The van der Waals surface area contributed by atoms with Crippen LogP contribution in [-0.4, -0.2) is 44.9 Å². The van der Waals surface area contributed by atoms with E-state index >= 15 is 0 Å². The van der Waals surface area contributed by atoms with Crippen molar-refractivity contribution < 1.29 is 19.1 Å². The van der Waals surface area contributed by atoms with E-state index in [4.69, 9.17) is 9.47 Å². The zero-order chi connectivity index (χ0) is 16.4. The molecule has 0 spiro atoms. The molecule has 1 rings (SSSR count). The van der Waals surface area contributed by atoms with Gasteiger partial charge >= 0.3 is 0 Å². The maximum Gasteiger partial charge on any atom is 0.244 e. The molecule has 0 radical (unpaired) electrons. The number of nitrogens with one attached hydrogen (secondary N) is 2. The van der Waals surface area contributed by atoms with Crippen molar-refractivity contribution in [3.8, 4) is 0 Å². The second-order valence-corrected chi connectivity index (χ2v) is 4.62. The van der Waals surface area contributed by atoms with Crippen molar-refractivity contribution in [1.29, 1.82) is 0 Å². The summed E-state index contributed by atoms with van der Waals surface area (Å²) in [5.41, 5.74) is 0.915. The number of rotatable bonds is 8. The van der Waals surface area contributed by atoms with Gasteiger partial charge in [-0.1, -0.05) is 30.3 Å². The SMILES string of the molecule is COC(CNC(=O)C(C)NC(=O)C=Cc1ccccc1)OC. The molecule has 0 aromatic heterocycles. The molecule has 1 aromatic carbocycles. The van der Waals surface area contributed by atoms with E-state index < -0.39 is 12.3 Å². The zero-order valence-electron chi connectivity index (χ0n) is 13.0. The Labute approximate surface area is 130 Å². The van der Waals surface area contributed by atoms with Crippen LogP contribution in [0.15, 0.2) is 36.4 Å². The van der Waals surface area contributed by atoms with E-state index in [1.807, 2.05) is 30.3 Å². The standard InChI is InChI=1S/C16H22N2O4/c1-12(16(20)17-11-15(21-2)22-3)18-14(19)10-9-13-7-5-4-6-8-13/h4-10,12,15H,11H2,1-3H3,(H,17,20)(H,18,19). The molecule has 0 saturated heterocycles. The fourth-order valence-electron chi connectivity index (χ4n) is 1.66. The Morgan fingerprint density at radius 2 is 1.82 bits per heavy atom. The van der Waals surface area contributed by atoms with Crippen molar-refractivity contribution in [2.75, 3.05) is 20.8 Å². The molecule has 2 N–H and O–H groups in total. The lowest BCUT2D eigenvalue weighted by atomic mass is 10.2. The molecule has 2 amide bonds. The van der Waals surface area contributed by atoms with Crippen LogP contribution < -0.4 is 10.6 Å². The van der Waals surface area contributed by atoms with E-state index in [-0.39, 0.29) is 18.4 Å². The fourth-order valence-corrected chi connectivity index (χ4v) is 1.66. The van der Waals surface area contributed by atoms with Gasteiger partial charge in [0.2, 0.25) is 11.8 Å². The molecule has 22 heavy (non-hydrogen) atoms. The van der Waals surface area contributed by atoms with Crippen LogP contribution in [0.3, 0.4) is 0 Å². The molecule has 0 aliphatic carbocycles.